The first-order chi connectivity index (χ1) is 10.1. The summed E-state index contributed by atoms with van der Waals surface area (Å²) in [6.45, 7) is 2.51. The third-order valence-electron chi connectivity index (χ3n) is 3.42. The van der Waals surface area contributed by atoms with Crippen molar-refractivity contribution in [1.29, 1.82) is 0 Å². The van der Waals surface area contributed by atoms with Crippen molar-refractivity contribution in [1.82, 2.24) is 5.32 Å². The molecular formula is C17H19F2NO. The van der Waals surface area contributed by atoms with E-state index in [1.807, 2.05) is 13.0 Å². The molecule has 0 aliphatic carbocycles. The Kier molecular flexibility index (Phi) is 5.28. The van der Waals surface area contributed by atoms with E-state index in [0.29, 0.717) is 24.3 Å². The fraction of sp³-hybridized carbons (Fsp3) is 0.294. The van der Waals surface area contributed by atoms with Crippen LogP contribution in [0.3, 0.4) is 0 Å². The Labute approximate surface area is 123 Å². The molecule has 0 aromatic heterocycles. The Morgan fingerprint density at radius 3 is 2.62 bits per heavy atom. The molecule has 0 spiro atoms. The normalized spacial score (nSPS) is 12.2. The third kappa shape index (κ3) is 4.02. The average Bonchev–Trinajstić information content (AvgIpc) is 2.46. The van der Waals surface area contributed by atoms with Gasteiger partial charge in [0.2, 0.25) is 0 Å². The van der Waals surface area contributed by atoms with Crippen LogP contribution in [0.15, 0.2) is 42.5 Å². The van der Waals surface area contributed by atoms with E-state index in [0.717, 1.165) is 5.56 Å². The van der Waals surface area contributed by atoms with Gasteiger partial charge in [-0.3, -0.25) is 0 Å². The molecule has 0 radical (unpaired) electrons. The molecule has 4 heteroatoms. The summed E-state index contributed by atoms with van der Waals surface area (Å²) < 4.78 is 32.2. The number of hydrogen-bond donors (Lipinski definition) is 1. The van der Waals surface area contributed by atoms with Crippen molar-refractivity contribution in [2.45, 2.75) is 19.4 Å². The second-order valence-electron chi connectivity index (χ2n) is 4.91. The highest BCUT2D eigenvalue weighted by Gasteiger charge is 2.15. The number of methoxy groups -OCH3 is 1. The van der Waals surface area contributed by atoms with Crippen LogP contribution in [0.2, 0.25) is 0 Å². The highest BCUT2D eigenvalue weighted by Crippen LogP contribution is 2.27. The fourth-order valence-electron chi connectivity index (χ4n) is 2.34. The van der Waals surface area contributed by atoms with Gasteiger partial charge in [0.25, 0.3) is 0 Å². The summed E-state index contributed by atoms with van der Waals surface area (Å²) >= 11 is 0. The van der Waals surface area contributed by atoms with E-state index in [1.165, 1.54) is 25.3 Å². The number of hydrogen-bond acceptors (Lipinski definition) is 2. The summed E-state index contributed by atoms with van der Waals surface area (Å²) in [5.74, 6) is -0.00261. The lowest BCUT2D eigenvalue weighted by molar-refractivity contribution is 0.394. The minimum atomic E-state index is -0.292. The number of halogens is 2. The van der Waals surface area contributed by atoms with Gasteiger partial charge in [-0.25, -0.2) is 8.78 Å². The van der Waals surface area contributed by atoms with E-state index in [4.69, 9.17) is 4.74 Å². The van der Waals surface area contributed by atoms with Crippen molar-refractivity contribution >= 4 is 0 Å². The van der Waals surface area contributed by atoms with Crippen molar-refractivity contribution < 1.29 is 13.5 Å². The molecule has 2 nitrogen and oxygen atoms in total. The Hall–Kier alpha value is -1.94. The Bertz CT molecular complexity index is 601. The molecule has 0 amide bonds. The molecule has 0 aliphatic heterocycles. The SMILES string of the molecule is COc1cccc(F)c1C(C)NCCc1cccc(F)c1. The Balaban J connectivity index is 1.97. The highest BCUT2D eigenvalue weighted by atomic mass is 19.1. The molecule has 21 heavy (non-hydrogen) atoms. The zero-order valence-electron chi connectivity index (χ0n) is 12.2. The molecule has 0 heterocycles. The molecule has 112 valence electrons. The first-order valence-electron chi connectivity index (χ1n) is 6.92. The molecule has 0 bridgehead atoms. The molecule has 0 saturated carbocycles. The van der Waals surface area contributed by atoms with E-state index in [2.05, 4.69) is 5.32 Å². The van der Waals surface area contributed by atoms with Gasteiger partial charge in [0, 0.05) is 11.6 Å². The molecule has 2 aromatic rings. The number of nitrogens with one attached hydrogen (secondary N) is 1. The lowest BCUT2D eigenvalue weighted by Crippen LogP contribution is -2.22. The molecule has 1 unspecified atom stereocenters. The van der Waals surface area contributed by atoms with Crippen LogP contribution in [0.5, 0.6) is 5.75 Å². The second kappa shape index (κ2) is 7.18. The number of ether oxygens (including phenoxy) is 1. The molecule has 2 rings (SSSR count). The number of benzene rings is 2. The molecule has 0 aliphatic rings. The zero-order valence-corrected chi connectivity index (χ0v) is 12.2. The second-order valence-corrected chi connectivity index (χ2v) is 4.91. The van der Waals surface area contributed by atoms with Crippen molar-refractivity contribution in [2.24, 2.45) is 0 Å². The quantitative estimate of drug-likeness (QED) is 0.872. The van der Waals surface area contributed by atoms with E-state index in [1.54, 1.807) is 18.2 Å². The zero-order chi connectivity index (χ0) is 15.2. The van der Waals surface area contributed by atoms with Crippen LogP contribution in [0.4, 0.5) is 8.78 Å². The molecule has 1 atom stereocenters. The van der Waals surface area contributed by atoms with E-state index in [-0.39, 0.29) is 17.7 Å². The maximum absolute atomic E-state index is 13.9. The van der Waals surface area contributed by atoms with Crippen molar-refractivity contribution in [3.63, 3.8) is 0 Å². The largest absolute Gasteiger partial charge is 0.496 e. The molecule has 0 saturated heterocycles. The van der Waals surface area contributed by atoms with Gasteiger partial charge in [-0.1, -0.05) is 18.2 Å². The average molecular weight is 291 g/mol. The van der Waals surface area contributed by atoms with E-state index >= 15 is 0 Å². The Morgan fingerprint density at radius 1 is 1.14 bits per heavy atom. The van der Waals surface area contributed by atoms with Crippen LogP contribution in [-0.4, -0.2) is 13.7 Å². The van der Waals surface area contributed by atoms with Crippen LogP contribution in [0.25, 0.3) is 0 Å². The summed E-state index contributed by atoms with van der Waals surface area (Å²) in [5, 5.41) is 3.24. The van der Waals surface area contributed by atoms with Crippen molar-refractivity contribution in [2.75, 3.05) is 13.7 Å². The number of rotatable bonds is 6. The molecular weight excluding hydrogens is 272 g/mol. The predicted octanol–water partition coefficient (Wildman–Crippen LogP) is 3.87. The summed E-state index contributed by atoms with van der Waals surface area (Å²) in [6, 6.07) is 11.1. The lowest BCUT2D eigenvalue weighted by atomic mass is 10.1. The van der Waals surface area contributed by atoms with Crippen LogP contribution in [-0.2, 0) is 6.42 Å². The summed E-state index contributed by atoms with van der Waals surface area (Å²) in [5.41, 5.74) is 1.43. The molecule has 1 N–H and O–H groups in total. The minimum Gasteiger partial charge on any atom is -0.496 e. The Morgan fingerprint density at radius 2 is 1.90 bits per heavy atom. The van der Waals surface area contributed by atoms with Gasteiger partial charge >= 0.3 is 0 Å². The van der Waals surface area contributed by atoms with Crippen molar-refractivity contribution in [3.8, 4) is 5.75 Å². The standard InChI is InChI=1S/C17H19F2NO/c1-12(17-15(19)7-4-8-16(17)21-2)20-10-9-13-5-3-6-14(18)11-13/h3-8,11-12,20H,9-10H2,1-2H3. The van der Waals surface area contributed by atoms with Gasteiger partial charge < -0.3 is 10.1 Å². The van der Waals surface area contributed by atoms with E-state index in [9.17, 15) is 8.78 Å². The van der Waals surface area contributed by atoms with Crippen LogP contribution >= 0.6 is 0 Å². The topological polar surface area (TPSA) is 21.3 Å². The lowest BCUT2D eigenvalue weighted by Gasteiger charge is -2.18. The third-order valence-corrected chi connectivity index (χ3v) is 3.42. The van der Waals surface area contributed by atoms with Gasteiger partial charge in [-0.05, 0) is 49.7 Å². The smallest absolute Gasteiger partial charge is 0.131 e. The van der Waals surface area contributed by atoms with E-state index < -0.39 is 0 Å². The summed E-state index contributed by atoms with van der Waals surface area (Å²) in [6.07, 6.45) is 0.679. The van der Waals surface area contributed by atoms with Gasteiger partial charge in [-0.15, -0.1) is 0 Å². The first kappa shape index (κ1) is 15.4. The van der Waals surface area contributed by atoms with Gasteiger partial charge in [-0.2, -0.15) is 0 Å². The van der Waals surface area contributed by atoms with Crippen molar-refractivity contribution in [3.05, 3.63) is 65.2 Å². The maximum atomic E-state index is 13.9. The fourth-order valence-corrected chi connectivity index (χ4v) is 2.34. The van der Waals surface area contributed by atoms with Gasteiger partial charge in [0.05, 0.1) is 7.11 Å². The monoisotopic (exact) mass is 291 g/mol. The summed E-state index contributed by atoms with van der Waals surface area (Å²) in [7, 11) is 1.53. The van der Waals surface area contributed by atoms with Crippen LogP contribution in [0.1, 0.15) is 24.1 Å². The minimum absolute atomic E-state index is 0.185. The molecule has 0 fully saturated rings. The first-order valence-corrected chi connectivity index (χ1v) is 6.92. The van der Waals surface area contributed by atoms with Crippen LogP contribution < -0.4 is 10.1 Å². The maximum Gasteiger partial charge on any atom is 0.131 e. The molecule has 2 aromatic carbocycles. The van der Waals surface area contributed by atoms with Gasteiger partial charge in [0.15, 0.2) is 0 Å². The highest BCUT2D eigenvalue weighted by molar-refractivity contribution is 5.36. The summed E-state index contributed by atoms with van der Waals surface area (Å²) in [4.78, 5) is 0. The van der Waals surface area contributed by atoms with Crippen LogP contribution in [0, 0.1) is 11.6 Å². The predicted molar refractivity (Wildman–Crippen MR) is 79.5 cm³/mol. The van der Waals surface area contributed by atoms with Gasteiger partial charge in [0.1, 0.15) is 17.4 Å².